The zero-order chi connectivity index (χ0) is 25.3. The van der Waals surface area contributed by atoms with Gasteiger partial charge < -0.3 is 79.9 Å². The zero-order valence-electron chi connectivity index (χ0n) is 17.7. The van der Waals surface area contributed by atoms with Gasteiger partial charge in [0.05, 0.1) is 19.8 Å². The zero-order valence-corrected chi connectivity index (χ0v) is 17.7. The van der Waals surface area contributed by atoms with Crippen molar-refractivity contribution in [3.8, 4) is 0 Å². The molecule has 3 saturated heterocycles. The average Bonchev–Trinajstić information content (AvgIpc) is 2.82. The number of aliphatic hydroxyl groups is 11. The average molecular weight is 504 g/mol. The second-order valence-corrected chi connectivity index (χ2v) is 8.42. The van der Waals surface area contributed by atoms with Crippen LogP contribution in [-0.2, 0) is 23.7 Å². The molecule has 200 valence electrons. The van der Waals surface area contributed by atoms with Crippen LogP contribution < -0.4 is 0 Å². The Morgan fingerprint density at radius 1 is 0.441 bits per heavy atom. The standard InChI is InChI=1S/C18H32O16/c19-1-4-7(20)11(24)14(27)17(33-4)31-3-6-9(22)12(25)15(28)18(34-6)30-2-5-8(21)10(23)13(26)16(29)32-5/h4-29H,1-3H2/t4-,5-,6-,7-,8-,9-,10+,11+,12+,13-,14-,15-,16?,17-,18-/m1/s1. The van der Waals surface area contributed by atoms with Crippen molar-refractivity contribution in [1.82, 2.24) is 0 Å². The highest BCUT2D eigenvalue weighted by Gasteiger charge is 2.48. The van der Waals surface area contributed by atoms with Crippen molar-refractivity contribution in [2.75, 3.05) is 19.8 Å². The van der Waals surface area contributed by atoms with Crippen LogP contribution in [0.5, 0.6) is 0 Å². The predicted molar refractivity (Wildman–Crippen MR) is 101 cm³/mol. The van der Waals surface area contributed by atoms with Crippen molar-refractivity contribution >= 4 is 0 Å². The van der Waals surface area contributed by atoms with Crippen LogP contribution in [0.15, 0.2) is 0 Å². The van der Waals surface area contributed by atoms with Crippen molar-refractivity contribution in [1.29, 1.82) is 0 Å². The largest absolute Gasteiger partial charge is 0.394 e. The maximum absolute atomic E-state index is 10.2. The van der Waals surface area contributed by atoms with Gasteiger partial charge in [-0.15, -0.1) is 0 Å². The first-order valence-electron chi connectivity index (χ1n) is 10.6. The van der Waals surface area contributed by atoms with Crippen molar-refractivity contribution < 1.29 is 79.9 Å². The summed E-state index contributed by atoms with van der Waals surface area (Å²) in [5.74, 6) is 0. The highest BCUT2D eigenvalue weighted by atomic mass is 16.7. The molecule has 3 heterocycles. The molecule has 0 spiro atoms. The van der Waals surface area contributed by atoms with Gasteiger partial charge in [0.25, 0.3) is 0 Å². The Labute approximate surface area is 192 Å². The van der Waals surface area contributed by atoms with Gasteiger partial charge in [0.15, 0.2) is 18.9 Å². The van der Waals surface area contributed by atoms with Crippen molar-refractivity contribution in [2.45, 2.75) is 92.1 Å². The van der Waals surface area contributed by atoms with Gasteiger partial charge in [-0.3, -0.25) is 0 Å². The highest BCUT2D eigenvalue weighted by Crippen LogP contribution is 2.27. The molecule has 0 aromatic carbocycles. The molecule has 0 radical (unpaired) electrons. The molecule has 0 aromatic heterocycles. The smallest absolute Gasteiger partial charge is 0.186 e. The van der Waals surface area contributed by atoms with E-state index in [1.165, 1.54) is 0 Å². The summed E-state index contributed by atoms with van der Waals surface area (Å²) in [6.45, 7) is -1.84. The van der Waals surface area contributed by atoms with E-state index >= 15 is 0 Å². The fourth-order valence-electron chi connectivity index (χ4n) is 3.84. The van der Waals surface area contributed by atoms with Gasteiger partial charge in [0.2, 0.25) is 0 Å². The van der Waals surface area contributed by atoms with Crippen LogP contribution in [0.3, 0.4) is 0 Å². The second kappa shape index (κ2) is 11.6. The quantitative estimate of drug-likeness (QED) is 0.154. The van der Waals surface area contributed by atoms with Gasteiger partial charge in [0.1, 0.15) is 73.2 Å². The van der Waals surface area contributed by atoms with E-state index in [2.05, 4.69) is 0 Å². The first-order chi connectivity index (χ1) is 16.0. The molecule has 0 aliphatic carbocycles. The van der Waals surface area contributed by atoms with Crippen LogP contribution in [0.2, 0.25) is 0 Å². The molecule has 0 saturated carbocycles. The lowest BCUT2D eigenvalue weighted by Crippen LogP contribution is -2.62. The molecule has 11 N–H and O–H groups in total. The molecule has 3 fully saturated rings. The summed E-state index contributed by atoms with van der Waals surface area (Å²) in [6, 6.07) is 0. The highest BCUT2D eigenvalue weighted by molar-refractivity contribution is 4.92. The SMILES string of the molecule is OC[C@H]1O[C@@H](OC[C@H]2O[C@@H](OC[C@H]3OC(O)[C@H](O)[C@@H](O)[C@@H]3O)[C@H](O)[C@@H](O)[C@@H]2O)[C@H](O)[C@@H](O)[C@@H]1O. The second-order valence-electron chi connectivity index (χ2n) is 8.42. The molecule has 3 aliphatic rings. The van der Waals surface area contributed by atoms with Gasteiger partial charge >= 0.3 is 0 Å². The molecule has 34 heavy (non-hydrogen) atoms. The molecule has 3 rings (SSSR count). The molecule has 15 atom stereocenters. The minimum Gasteiger partial charge on any atom is -0.394 e. The maximum atomic E-state index is 10.2. The van der Waals surface area contributed by atoms with Crippen molar-refractivity contribution in [3.63, 3.8) is 0 Å². The summed E-state index contributed by atoms with van der Waals surface area (Å²) in [5, 5.41) is 108. The topological polar surface area (TPSA) is 269 Å². The minimum absolute atomic E-state index is 0.570. The normalized spacial score (nSPS) is 52.5. The molecule has 0 bridgehead atoms. The number of rotatable bonds is 7. The lowest BCUT2D eigenvalue weighted by Gasteiger charge is -2.43. The Bertz CT molecular complexity index is 639. The van der Waals surface area contributed by atoms with Crippen LogP contribution in [0, 0.1) is 0 Å². The third-order valence-electron chi connectivity index (χ3n) is 6.05. The third kappa shape index (κ3) is 5.68. The molecular weight excluding hydrogens is 472 g/mol. The van der Waals surface area contributed by atoms with Crippen LogP contribution in [-0.4, -0.2) is 168 Å². The third-order valence-corrected chi connectivity index (χ3v) is 6.05. The van der Waals surface area contributed by atoms with E-state index in [-0.39, 0.29) is 0 Å². The van der Waals surface area contributed by atoms with E-state index in [9.17, 15) is 56.2 Å². The molecule has 1 unspecified atom stereocenters. The number of hydrogen-bond donors (Lipinski definition) is 11. The summed E-state index contributed by atoms with van der Waals surface area (Å²) in [4.78, 5) is 0. The molecule has 16 nitrogen and oxygen atoms in total. The van der Waals surface area contributed by atoms with Gasteiger partial charge in [-0.2, -0.15) is 0 Å². The number of ether oxygens (including phenoxy) is 5. The Morgan fingerprint density at radius 2 is 0.824 bits per heavy atom. The molecular formula is C18H32O16. The fraction of sp³-hybridized carbons (Fsp3) is 1.00. The predicted octanol–water partition coefficient (Wildman–Crippen LogP) is -7.57. The van der Waals surface area contributed by atoms with Crippen LogP contribution >= 0.6 is 0 Å². The molecule has 3 aliphatic heterocycles. The fourth-order valence-corrected chi connectivity index (χ4v) is 3.84. The minimum atomic E-state index is -1.82. The summed E-state index contributed by atoms with van der Waals surface area (Å²) < 4.78 is 26.1. The Hall–Kier alpha value is -0.640. The van der Waals surface area contributed by atoms with Gasteiger partial charge in [-0.25, -0.2) is 0 Å². The lowest BCUT2D eigenvalue weighted by atomic mass is 9.98. The van der Waals surface area contributed by atoms with Gasteiger partial charge in [-0.05, 0) is 0 Å². The van der Waals surface area contributed by atoms with Crippen molar-refractivity contribution in [3.05, 3.63) is 0 Å². The maximum Gasteiger partial charge on any atom is 0.186 e. The summed E-state index contributed by atoms with van der Waals surface area (Å²) >= 11 is 0. The Morgan fingerprint density at radius 3 is 1.29 bits per heavy atom. The summed E-state index contributed by atoms with van der Waals surface area (Å²) in [7, 11) is 0. The number of hydrogen-bond acceptors (Lipinski definition) is 16. The van der Waals surface area contributed by atoms with E-state index in [4.69, 9.17) is 23.7 Å². The first-order valence-corrected chi connectivity index (χ1v) is 10.6. The van der Waals surface area contributed by atoms with E-state index < -0.39 is 112 Å². The Balaban J connectivity index is 1.58. The molecule has 0 aromatic rings. The van der Waals surface area contributed by atoms with E-state index in [1.54, 1.807) is 0 Å². The molecule has 0 amide bonds. The van der Waals surface area contributed by atoms with Crippen molar-refractivity contribution in [2.24, 2.45) is 0 Å². The monoisotopic (exact) mass is 504 g/mol. The van der Waals surface area contributed by atoms with Gasteiger partial charge in [-0.1, -0.05) is 0 Å². The van der Waals surface area contributed by atoms with E-state index in [0.717, 1.165) is 0 Å². The molecule has 16 heteroatoms. The van der Waals surface area contributed by atoms with Crippen LogP contribution in [0.25, 0.3) is 0 Å². The first kappa shape index (κ1) is 27.9. The lowest BCUT2D eigenvalue weighted by molar-refractivity contribution is -0.340. The summed E-state index contributed by atoms with van der Waals surface area (Å²) in [5.41, 5.74) is 0. The van der Waals surface area contributed by atoms with E-state index in [0.29, 0.717) is 0 Å². The van der Waals surface area contributed by atoms with E-state index in [1.807, 2.05) is 0 Å². The van der Waals surface area contributed by atoms with Crippen LogP contribution in [0.1, 0.15) is 0 Å². The Kier molecular flexibility index (Phi) is 9.54. The summed E-state index contributed by atoms with van der Waals surface area (Å²) in [6.07, 6.45) is -24.4. The van der Waals surface area contributed by atoms with Crippen LogP contribution in [0.4, 0.5) is 0 Å². The van der Waals surface area contributed by atoms with Gasteiger partial charge in [0, 0.05) is 0 Å². The number of aliphatic hydroxyl groups excluding tert-OH is 11.